The van der Waals surface area contributed by atoms with Crippen molar-refractivity contribution >= 4 is 11.8 Å². The fourth-order valence-electron chi connectivity index (χ4n) is 4.42. The zero-order chi connectivity index (χ0) is 23.9. The van der Waals surface area contributed by atoms with Gasteiger partial charge in [0.05, 0.1) is 23.8 Å². The van der Waals surface area contributed by atoms with Crippen LogP contribution in [0.1, 0.15) is 39.5 Å². The number of pyridine rings is 1. The van der Waals surface area contributed by atoms with Crippen molar-refractivity contribution < 1.29 is 19.8 Å². The Hall–Kier alpha value is -3.55. The van der Waals surface area contributed by atoms with E-state index in [0.717, 1.165) is 16.7 Å². The minimum absolute atomic E-state index is 0.0151. The topological polar surface area (TPSA) is 112 Å². The normalized spacial score (nSPS) is 18.5. The lowest BCUT2D eigenvalue weighted by atomic mass is 9.92. The molecule has 0 unspecified atom stereocenters. The van der Waals surface area contributed by atoms with E-state index in [4.69, 9.17) is 0 Å². The molecular weight excluding hydrogens is 430 g/mol. The van der Waals surface area contributed by atoms with E-state index in [1.165, 1.54) is 6.20 Å². The average Bonchev–Trinajstić information content (AvgIpc) is 3.18. The van der Waals surface area contributed by atoms with Gasteiger partial charge in [-0.15, -0.1) is 0 Å². The number of aliphatic hydroxyl groups excluding tert-OH is 2. The Morgan fingerprint density at radius 3 is 2.56 bits per heavy atom. The van der Waals surface area contributed by atoms with Crippen LogP contribution in [0.4, 0.5) is 0 Å². The first-order chi connectivity index (χ1) is 16.5. The number of nitrogens with one attached hydrogen (secondary N) is 2. The van der Waals surface area contributed by atoms with Crippen LogP contribution in [0.5, 0.6) is 0 Å². The van der Waals surface area contributed by atoms with Gasteiger partial charge in [-0.05, 0) is 41.7 Å². The molecule has 0 bridgehead atoms. The zero-order valence-electron chi connectivity index (χ0n) is 18.8. The quantitative estimate of drug-likeness (QED) is 0.392. The number of amides is 2. The largest absolute Gasteiger partial charge is 0.391 e. The first kappa shape index (κ1) is 23.6. The fraction of sp³-hybridized carbons (Fsp3) is 0.296. The summed E-state index contributed by atoms with van der Waals surface area (Å²) in [6.45, 7) is 0.0151. The Bertz CT molecular complexity index is 1110. The minimum atomic E-state index is -0.916. The van der Waals surface area contributed by atoms with Crippen LogP contribution in [0, 0.1) is 5.92 Å². The summed E-state index contributed by atoms with van der Waals surface area (Å²) in [4.78, 5) is 29.5. The molecule has 0 aliphatic heterocycles. The van der Waals surface area contributed by atoms with E-state index in [2.05, 4.69) is 15.6 Å². The second-order valence-corrected chi connectivity index (χ2v) is 8.68. The van der Waals surface area contributed by atoms with Crippen LogP contribution in [-0.4, -0.2) is 45.8 Å². The highest BCUT2D eigenvalue weighted by atomic mass is 16.3. The van der Waals surface area contributed by atoms with E-state index in [9.17, 15) is 19.8 Å². The number of aromatic nitrogens is 1. The summed E-state index contributed by atoms with van der Waals surface area (Å²) >= 11 is 0. The summed E-state index contributed by atoms with van der Waals surface area (Å²) in [5.41, 5.74) is 3.33. The lowest BCUT2D eigenvalue weighted by Gasteiger charge is -2.24. The molecule has 1 aromatic heterocycles. The van der Waals surface area contributed by atoms with E-state index in [0.29, 0.717) is 18.4 Å². The molecule has 3 aromatic rings. The van der Waals surface area contributed by atoms with Gasteiger partial charge in [-0.1, -0.05) is 54.6 Å². The van der Waals surface area contributed by atoms with Crippen LogP contribution in [-0.2, 0) is 17.6 Å². The molecule has 4 atom stereocenters. The van der Waals surface area contributed by atoms with Crippen molar-refractivity contribution in [2.24, 2.45) is 5.92 Å². The first-order valence-electron chi connectivity index (χ1n) is 11.5. The number of benzene rings is 2. The Morgan fingerprint density at radius 1 is 1.03 bits per heavy atom. The molecule has 0 radical (unpaired) electrons. The SMILES string of the molecule is O=C(NC[C@@H](O)C[C@@H](Cc1ccccc1)C(=O)N[C@H]1c2ccccc2C[C@H]1O)c1cccnc1. The van der Waals surface area contributed by atoms with Crippen LogP contribution in [0.2, 0.25) is 0 Å². The molecule has 176 valence electrons. The van der Waals surface area contributed by atoms with E-state index < -0.39 is 24.2 Å². The molecular formula is C27H29N3O4. The van der Waals surface area contributed by atoms with E-state index in [1.807, 2.05) is 54.6 Å². The van der Waals surface area contributed by atoms with Crippen molar-refractivity contribution in [3.05, 3.63) is 101 Å². The molecule has 1 heterocycles. The molecule has 4 rings (SSSR count). The Kier molecular flexibility index (Phi) is 7.67. The summed E-state index contributed by atoms with van der Waals surface area (Å²) < 4.78 is 0. The number of carbonyl (C=O) groups excluding carboxylic acids is 2. The summed E-state index contributed by atoms with van der Waals surface area (Å²) in [6, 6.07) is 20.1. The average molecular weight is 460 g/mol. The Balaban J connectivity index is 1.42. The lowest BCUT2D eigenvalue weighted by Crippen LogP contribution is -2.41. The molecule has 2 amide bonds. The third-order valence-corrected chi connectivity index (χ3v) is 6.18. The summed E-state index contributed by atoms with van der Waals surface area (Å²) in [7, 11) is 0. The molecule has 0 fully saturated rings. The van der Waals surface area contributed by atoms with Gasteiger partial charge in [0.1, 0.15) is 0 Å². The predicted octanol–water partition coefficient (Wildman–Crippen LogP) is 2.20. The van der Waals surface area contributed by atoms with Gasteiger partial charge >= 0.3 is 0 Å². The first-order valence-corrected chi connectivity index (χ1v) is 11.5. The van der Waals surface area contributed by atoms with Crippen molar-refractivity contribution in [2.75, 3.05) is 6.54 Å². The van der Waals surface area contributed by atoms with E-state index >= 15 is 0 Å². The van der Waals surface area contributed by atoms with E-state index in [1.54, 1.807) is 18.3 Å². The molecule has 0 spiro atoms. The number of hydrogen-bond acceptors (Lipinski definition) is 5. The van der Waals surface area contributed by atoms with Crippen LogP contribution in [0.25, 0.3) is 0 Å². The second-order valence-electron chi connectivity index (χ2n) is 8.68. The summed E-state index contributed by atoms with van der Waals surface area (Å²) in [5, 5.41) is 26.9. The van der Waals surface area contributed by atoms with Gasteiger partial charge in [0.2, 0.25) is 5.91 Å². The molecule has 7 heteroatoms. The standard InChI is InChI=1S/C27H29N3O4/c31-22(17-29-26(33)20-10-6-12-28-16-20)14-21(13-18-7-2-1-3-8-18)27(34)30-25-23-11-5-4-9-19(23)15-24(25)32/h1-12,16,21-22,24-25,31-32H,13-15,17H2,(H,29,33)(H,30,34)/t21-,22+,24-,25+/m1/s1. The van der Waals surface area contributed by atoms with Crippen LogP contribution in [0.3, 0.4) is 0 Å². The van der Waals surface area contributed by atoms with Crippen molar-refractivity contribution in [3.8, 4) is 0 Å². The molecule has 2 aromatic carbocycles. The molecule has 0 saturated carbocycles. The summed E-state index contributed by atoms with van der Waals surface area (Å²) in [6.07, 6.45) is 2.52. The molecule has 1 aliphatic carbocycles. The molecule has 0 saturated heterocycles. The number of aliphatic hydroxyl groups is 2. The number of fused-ring (bicyclic) bond motifs is 1. The van der Waals surface area contributed by atoms with Crippen molar-refractivity contribution in [1.29, 1.82) is 0 Å². The van der Waals surface area contributed by atoms with Crippen molar-refractivity contribution in [2.45, 2.75) is 37.5 Å². The molecule has 4 N–H and O–H groups in total. The van der Waals surface area contributed by atoms with Gasteiger partial charge in [0.25, 0.3) is 5.91 Å². The minimum Gasteiger partial charge on any atom is -0.391 e. The van der Waals surface area contributed by atoms with Gasteiger partial charge in [-0.25, -0.2) is 0 Å². The fourth-order valence-corrected chi connectivity index (χ4v) is 4.42. The van der Waals surface area contributed by atoms with Gasteiger partial charge in [-0.2, -0.15) is 0 Å². The summed E-state index contributed by atoms with van der Waals surface area (Å²) in [5.74, 6) is -1.10. The number of rotatable bonds is 9. The number of nitrogens with zero attached hydrogens (tertiary/aromatic N) is 1. The zero-order valence-corrected chi connectivity index (χ0v) is 18.8. The van der Waals surface area contributed by atoms with Gasteiger partial charge in [-0.3, -0.25) is 14.6 Å². The highest BCUT2D eigenvalue weighted by Gasteiger charge is 2.34. The Morgan fingerprint density at radius 2 is 1.79 bits per heavy atom. The Labute approximate surface area is 198 Å². The van der Waals surface area contributed by atoms with Crippen LogP contribution in [0.15, 0.2) is 79.1 Å². The highest BCUT2D eigenvalue weighted by Crippen LogP contribution is 2.31. The second kappa shape index (κ2) is 11.0. The highest BCUT2D eigenvalue weighted by molar-refractivity contribution is 5.93. The number of hydrogen-bond donors (Lipinski definition) is 4. The number of carbonyl (C=O) groups is 2. The van der Waals surface area contributed by atoms with Gasteiger partial charge in [0, 0.05) is 31.3 Å². The van der Waals surface area contributed by atoms with Crippen molar-refractivity contribution in [1.82, 2.24) is 15.6 Å². The van der Waals surface area contributed by atoms with Crippen molar-refractivity contribution in [3.63, 3.8) is 0 Å². The third-order valence-electron chi connectivity index (χ3n) is 6.18. The molecule has 34 heavy (non-hydrogen) atoms. The third kappa shape index (κ3) is 5.87. The monoisotopic (exact) mass is 459 g/mol. The van der Waals surface area contributed by atoms with Gasteiger partial charge < -0.3 is 20.8 Å². The van der Waals surface area contributed by atoms with Crippen LogP contribution < -0.4 is 10.6 Å². The smallest absolute Gasteiger partial charge is 0.252 e. The van der Waals surface area contributed by atoms with E-state index in [-0.39, 0.29) is 24.8 Å². The maximum Gasteiger partial charge on any atom is 0.252 e. The molecule has 1 aliphatic rings. The van der Waals surface area contributed by atoms with Crippen LogP contribution >= 0.6 is 0 Å². The predicted molar refractivity (Wildman–Crippen MR) is 128 cm³/mol. The molecule has 7 nitrogen and oxygen atoms in total. The lowest BCUT2D eigenvalue weighted by molar-refractivity contribution is -0.127. The maximum atomic E-state index is 13.3. The maximum absolute atomic E-state index is 13.3. The van der Waals surface area contributed by atoms with Gasteiger partial charge in [0.15, 0.2) is 0 Å².